The van der Waals surface area contributed by atoms with Crippen LogP contribution in [0.3, 0.4) is 0 Å². The molecule has 5 nitrogen and oxygen atoms in total. The van der Waals surface area contributed by atoms with Crippen molar-refractivity contribution in [3.8, 4) is 5.75 Å². The van der Waals surface area contributed by atoms with Crippen LogP contribution < -0.4 is 10.1 Å². The molecule has 0 spiro atoms. The lowest BCUT2D eigenvalue weighted by Crippen LogP contribution is -2.44. The maximum absolute atomic E-state index is 10.2. The highest BCUT2D eigenvalue weighted by Crippen LogP contribution is 2.22. The van der Waals surface area contributed by atoms with Crippen molar-refractivity contribution in [1.82, 2.24) is 5.32 Å². The number of hydrogen-bond donors (Lipinski definition) is 2. The van der Waals surface area contributed by atoms with Gasteiger partial charge in [-0.15, -0.1) is 0 Å². The molecule has 0 radical (unpaired) electrons. The fourth-order valence-electron chi connectivity index (χ4n) is 2.12. The second-order valence-corrected chi connectivity index (χ2v) is 6.32. The van der Waals surface area contributed by atoms with Gasteiger partial charge in [-0.2, -0.15) is 0 Å². The van der Waals surface area contributed by atoms with Gasteiger partial charge in [0.25, 0.3) is 0 Å². The maximum atomic E-state index is 10.2. The highest BCUT2D eigenvalue weighted by atomic mass is 16.7. The summed E-state index contributed by atoms with van der Waals surface area (Å²) in [7, 11) is 1.64. The molecule has 0 amide bonds. The van der Waals surface area contributed by atoms with E-state index in [2.05, 4.69) is 31.2 Å². The van der Waals surface area contributed by atoms with Crippen molar-refractivity contribution in [2.45, 2.75) is 44.9 Å². The van der Waals surface area contributed by atoms with E-state index in [0.29, 0.717) is 13.0 Å². The zero-order chi connectivity index (χ0) is 15.5. The van der Waals surface area contributed by atoms with E-state index in [4.69, 9.17) is 9.57 Å². The minimum atomic E-state index is -0.587. The van der Waals surface area contributed by atoms with Crippen molar-refractivity contribution in [1.29, 1.82) is 0 Å². The lowest BCUT2D eigenvalue weighted by Gasteiger charge is -2.24. The molecule has 1 aliphatic heterocycles. The van der Waals surface area contributed by atoms with Crippen LogP contribution in [0, 0.1) is 0 Å². The van der Waals surface area contributed by atoms with Crippen LogP contribution in [0.1, 0.15) is 32.8 Å². The number of rotatable bonds is 5. The van der Waals surface area contributed by atoms with Crippen LogP contribution in [0.4, 0.5) is 0 Å². The molecule has 1 aliphatic rings. The Morgan fingerprint density at radius 2 is 2.24 bits per heavy atom. The third kappa shape index (κ3) is 4.44. The first-order valence-electron chi connectivity index (χ1n) is 7.19. The van der Waals surface area contributed by atoms with Crippen LogP contribution in [0.2, 0.25) is 0 Å². The molecule has 0 saturated heterocycles. The third-order valence-electron chi connectivity index (χ3n) is 3.37. The summed E-state index contributed by atoms with van der Waals surface area (Å²) in [6, 6.07) is 7.69. The lowest BCUT2D eigenvalue weighted by molar-refractivity contribution is -0.0181. The summed E-state index contributed by atoms with van der Waals surface area (Å²) in [6.07, 6.45) is -0.294. The van der Waals surface area contributed by atoms with Gasteiger partial charge in [0.2, 0.25) is 0 Å². The fourth-order valence-corrected chi connectivity index (χ4v) is 2.12. The van der Waals surface area contributed by atoms with Crippen LogP contribution >= 0.6 is 0 Å². The number of aliphatic hydroxyl groups is 1. The summed E-state index contributed by atoms with van der Waals surface area (Å²) in [5.41, 5.74) is 1.78. The Balaban J connectivity index is 1.93. The molecular weight excluding hydrogens is 268 g/mol. The largest absolute Gasteiger partial charge is 0.497 e. The van der Waals surface area contributed by atoms with E-state index in [0.717, 1.165) is 17.0 Å². The average Bonchev–Trinajstić information content (AvgIpc) is 2.94. The summed E-state index contributed by atoms with van der Waals surface area (Å²) >= 11 is 0. The molecule has 1 aromatic rings. The second kappa shape index (κ2) is 6.45. The Bertz CT molecular complexity index is 508. The topological polar surface area (TPSA) is 63.1 Å². The average molecular weight is 292 g/mol. The standard InChI is InChI=1S/C16H24N2O3/c1-16(2,3)17-10-14(19)15-9-13(18-21-15)11-6-5-7-12(8-11)20-4/h5-8,14-15,17,19H,9-10H2,1-4H3. The monoisotopic (exact) mass is 292 g/mol. The normalized spacial score (nSPS) is 19.9. The van der Waals surface area contributed by atoms with Crippen LogP contribution in [-0.2, 0) is 4.84 Å². The molecule has 2 atom stereocenters. The number of β-amino-alcohol motifs (C(OH)–C–C–N with tert-alkyl or cyclic N) is 1. The summed E-state index contributed by atoms with van der Waals surface area (Å²) in [5.74, 6) is 0.786. The Morgan fingerprint density at radius 1 is 1.48 bits per heavy atom. The van der Waals surface area contributed by atoms with Crippen molar-refractivity contribution >= 4 is 5.71 Å². The van der Waals surface area contributed by atoms with Gasteiger partial charge < -0.3 is 20.0 Å². The number of nitrogens with one attached hydrogen (secondary N) is 1. The van der Waals surface area contributed by atoms with E-state index in [1.807, 2.05) is 24.3 Å². The predicted molar refractivity (Wildman–Crippen MR) is 82.8 cm³/mol. The minimum Gasteiger partial charge on any atom is -0.497 e. The molecule has 116 valence electrons. The van der Waals surface area contributed by atoms with Gasteiger partial charge in [0, 0.05) is 24.1 Å². The predicted octanol–water partition coefficient (Wildman–Crippen LogP) is 1.94. The van der Waals surface area contributed by atoms with Crippen molar-refractivity contribution in [3.63, 3.8) is 0 Å². The SMILES string of the molecule is COc1cccc(C2=NOC(C(O)CNC(C)(C)C)C2)c1. The quantitative estimate of drug-likeness (QED) is 0.870. The molecule has 0 aromatic heterocycles. The van der Waals surface area contributed by atoms with E-state index in [1.165, 1.54) is 0 Å². The van der Waals surface area contributed by atoms with Gasteiger partial charge in [0.05, 0.1) is 12.8 Å². The Hall–Kier alpha value is -1.59. The van der Waals surface area contributed by atoms with Gasteiger partial charge in [-0.3, -0.25) is 0 Å². The molecule has 0 saturated carbocycles. The van der Waals surface area contributed by atoms with Gasteiger partial charge in [0.15, 0.2) is 6.10 Å². The summed E-state index contributed by atoms with van der Waals surface area (Å²) in [6.45, 7) is 6.67. The van der Waals surface area contributed by atoms with Gasteiger partial charge in [0.1, 0.15) is 11.9 Å². The summed E-state index contributed by atoms with van der Waals surface area (Å²) < 4.78 is 5.21. The molecule has 2 unspecified atom stereocenters. The fraction of sp³-hybridized carbons (Fsp3) is 0.562. The summed E-state index contributed by atoms with van der Waals surface area (Å²) in [5, 5.41) is 17.6. The number of aliphatic hydroxyl groups excluding tert-OH is 1. The van der Waals surface area contributed by atoms with Gasteiger partial charge in [-0.1, -0.05) is 17.3 Å². The molecule has 2 rings (SSSR count). The molecule has 21 heavy (non-hydrogen) atoms. The number of oxime groups is 1. The molecule has 0 bridgehead atoms. The molecule has 2 N–H and O–H groups in total. The molecular formula is C16H24N2O3. The minimum absolute atomic E-state index is 0.0317. The van der Waals surface area contributed by atoms with E-state index in [1.54, 1.807) is 7.11 Å². The van der Waals surface area contributed by atoms with Gasteiger partial charge in [-0.25, -0.2) is 0 Å². The number of nitrogens with zero attached hydrogens (tertiary/aromatic N) is 1. The van der Waals surface area contributed by atoms with E-state index in [-0.39, 0.29) is 11.6 Å². The molecule has 1 heterocycles. The smallest absolute Gasteiger partial charge is 0.160 e. The third-order valence-corrected chi connectivity index (χ3v) is 3.37. The first-order chi connectivity index (χ1) is 9.89. The van der Waals surface area contributed by atoms with Crippen LogP contribution in [0.15, 0.2) is 29.4 Å². The van der Waals surface area contributed by atoms with Gasteiger partial charge in [-0.05, 0) is 32.9 Å². The second-order valence-electron chi connectivity index (χ2n) is 6.32. The highest BCUT2D eigenvalue weighted by Gasteiger charge is 2.29. The van der Waals surface area contributed by atoms with Crippen LogP contribution in [0.5, 0.6) is 5.75 Å². The van der Waals surface area contributed by atoms with Crippen molar-refractivity contribution in [2.75, 3.05) is 13.7 Å². The van der Waals surface area contributed by atoms with E-state index in [9.17, 15) is 5.11 Å². The molecule has 0 fully saturated rings. The van der Waals surface area contributed by atoms with E-state index < -0.39 is 6.10 Å². The van der Waals surface area contributed by atoms with Crippen LogP contribution in [-0.4, -0.2) is 42.2 Å². The zero-order valence-electron chi connectivity index (χ0n) is 13.1. The molecule has 5 heteroatoms. The van der Waals surface area contributed by atoms with Crippen molar-refractivity contribution < 1.29 is 14.7 Å². The zero-order valence-corrected chi connectivity index (χ0v) is 13.1. The molecule has 1 aromatic carbocycles. The highest BCUT2D eigenvalue weighted by molar-refractivity contribution is 6.01. The lowest BCUT2D eigenvalue weighted by atomic mass is 10.0. The Labute approximate surface area is 125 Å². The maximum Gasteiger partial charge on any atom is 0.160 e. The molecule has 0 aliphatic carbocycles. The first-order valence-corrected chi connectivity index (χ1v) is 7.19. The van der Waals surface area contributed by atoms with Crippen LogP contribution in [0.25, 0.3) is 0 Å². The Morgan fingerprint density at radius 3 is 2.90 bits per heavy atom. The number of methoxy groups -OCH3 is 1. The summed E-state index contributed by atoms with van der Waals surface area (Å²) in [4.78, 5) is 5.38. The van der Waals surface area contributed by atoms with Crippen molar-refractivity contribution in [3.05, 3.63) is 29.8 Å². The number of hydrogen-bond acceptors (Lipinski definition) is 5. The number of benzene rings is 1. The van der Waals surface area contributed by atoms with E-state index >= 15 is 0 Å². The Kier molecular flexibility index (Phi) is 4.85. The number of ether oxygens (including phenoxy) is 1. The first kappa shape index (κ1) is 15.8. The van der Waals surface area contributed by atoms with Crippen molar-refractivity contribution in [2.24, 2.45) is 5.16 Å². The van der Waals surface area contributed by atoms with Gasteiger partial charge >= 0.3 is 0 Å².